The van der Waals surface area contributed by atoms with Gasteiger partial charge in [-0.15, -0.1) is 0 Å². The Balaban J connectivity index is 0.00000352. The first-order valence-corrected chi connectivity index (χ1v) is 9.93. The highest BCUT2D eigenvalue weighted by Crippen LogP contribution is 2.37. The maximum atomic E-state index is 14.9. The van der Waals surface area contributed by atoms with Gasteiger partial charge in [-0.3, -0.25) is 9.59 Å². The first kappa shape index (κ1) is 26.2. The largest absolute Gasteiger partial charge is 0.490 e. The number of nitrogens with one attached hydrogen (secondary N) is 1. The van der Waals surface area contributed by atoms with Crippen molar-refractivity contribution in [3.05, 3.63) is 22.8 Å². The number of benzene rings is 1. The van der Waals surface area contributed by atoms with E-state index in [1.807, 2.05) is 20.8 Å². The lowest BCUT2D eigenvalue weighted by molar-refractivity contribution is -0.141. The molecule has 2 unspecified atom stereocenters. The molecule has 8 heteroatoms. The lowest BCUT2D eigenvalue weighted by atomic mass is 9.96. The van der Waals surface area contributed by atoms with E-state index in [0.717, 1.165) is 6.42 Å². The molecule has 1 aromatic carbocycles. The third-order valence-corrected chi connectivity index (χ3v) is 4.69. The van der Waals surface area contributed by atoms with Crippen LogP contribution in [0.25, 0.3) is 0 Å². The molecule has 0 aromatic heterocycles. The van der Waals surface area contributed by atoms with Crippen molar-refractivity contribution in [2.24, 2.45) is 5.92 Å². The van der Waals surface area contributed by atoms with Gasteiger partial charge in [-0.1, -0.05) is 27.7 Å². The number of ether oxygens (including phenoxy) is 1. The monoisotopic (exact) mass is 419 g/mol. The van der Waals surface area contributed by atoms with Crippen LogP contribution in [0.1, 0.15) is 58.6 Å². The van der Waals surface area contributed by atoms with E-state index < -0.39 is 29.4 Å². The van der Waals surface area contributed by atoms with Gasteiger partial charge in [-0.05, 0) is 26.2 Å². The number of carboxylic acid groups (broad SMARTS) is 1. The number of hydrogen-bond donors (Lipinski definition) is 3. The summed E-state index contributed by atoms with van der Waals surface area (Å²) >= 11 is 4.33. The molecule has 5 nitrogen and oxygen atoms in total. The maximum absolute atomic E-state index is 14.9. The minimum atomic E-state index is -1.12. The number of amides is 1. The van der Waals surface area contributed by atoms with Crippen LogP contribution in [0, 0.1) is 24.5 Å². The van der Waals surface area contributed by atoms with Crippen molar-refractivity contribution in [3.8, 4) is 5.75 Å². The first-order valence-electron chi connectivity index (χ1n) is 9.41. The van der Waals surface area contributed by atoms with E-state index >= 15 is 0 Å². The van der Waals surface area contributed by atoms with Crippen LogP contribution in [-0.2, 0) is 16.0 Å². The van der Waals surface area contributed by atoms with Crippen LogP contribution < -0.4 is 10.1 Å². The van der Waals surface area contributed by atoms with Crippen molar-refractivity contribution in [2.45, 2.75) is 66.1 Å². The number of carboxylic acids is 1. The molecule has 0 saturated carbocycles. The molecule has 0 bridgehead atoms. The average Bonchev–Trinajstić information content (AvgIpc) is 2.66. The summed E-state index contributed by atoms with van der Waals surface area (Å²) in [5.41, 5.74) is -0.538. The second-order valence-electron chi connectivity index (χ2n) is 6.26. The summed E-state index contributed by atoms with van der Waals surface area (Å²) in [5, 5.41) is 11.4. The van der Waals surface area contributed by atoms with Gasteiger partial charge in [0.15, 0.2) is 11.6 Å². The predicted molar refractivity (Wildman–Crippen MR) is 110 cm³/mol. The van der Waals surface area contributed by atoms with E-state index in [0.29, 0.717) is 6.42 Å². The summed E-state index contributed by atoms with van der Waals surface area (Å²) < 4.78 is 35.2. The highest BCUT2D eigenvalue weighted by molar-refractivity contribution is 7.80. The van der Waals surface area contributed by atoms with E-state index in [1.54, 1.807) is 0 Å². The van der Waals surface area contributed by atoms with Gasteiger partial charge in [-0.25, -0.2) is 8.78 Å². The Morgan fingerprint density at radius 1 is 1.25 bits per heavy atom. The third-order valence-electron chi connectivity index (χ3n) is 4.06. The molecule has 1 aromatic rings. The molecule has 0 aliphatic carbocycles. The SMILES string of the molecule is CC.CCC(S)CCOc1c(F)c(NC(C)=O)c(C)c(F)c1CC(C)C(=O)O. The molecule has 0 aliphatic rings. The Morgan fingerprint density at radius 3 is 2.29 bits per heavy atom. The summed E-state index contributed by atoms with van der Waals surface area (Å²) in [7, 11) is 0. The van der Waals surface area contributed by atoms with Crippen molar-refractivity contribution < 1.29 is 28.2 Å². The molecule has 0 spiro atoms. The fraction of sp³-hybridized carbons (Fsp3) is 0.600. The van der Waals surface area contributed by atoms with Crippen LogP contribution in [0.5, 0.6) is 5.75 Å². The van der Waals surface area contributed by atoms with E-state index in [-0.39, 0.29) is 40.8 Å². The highest BCUT2D eigenvalue weighted by Gasteiger charge is 2.27. The lowest BCUT2D eigenvalue weighted by Gasteiger charge is -2.20. The Hall–Kier alpha value is -1.83. The normalized spacial score (nSPS) is 12.5. The number of rotatable bonds is 9. The zero-order valence-corrected chi connectivity index (χ0v) is 18.3. The van der Waals surface area contributed by atoms with Gasteiger partial charge in [0.1, 0.15) is 5.82 Å². The molecule has 0 fully saturated rings. The van der Waals surface area contributed by atoms with Crippen LogP contribution in [0.2, 0.25) is 0 Å². The summed E-state index contributed by atoms with van der Waals surface area (Å²) in [5.74, 6) is -4.65. The fourth-order valence-corrected chi connectivity index (χ4v) is 2.50. The molecule has 2 atom stereocenters. The summed E-state index contributed by atoms with van der Waals surface area (Å²) in [6.07, 6.45) is 1.07. The van der Waals surface area contributed by atoms with Gasteiger partial charge in [-0.2, -0.15) is 12.6 Å². The Labute approximate surface area is 171 Å². The summed E-state index contributed by atoms with van der Waals surface area (Å²) in [6, 6.07) is 0. The van der Waals surface area contributed by atoms with Crippen molar-refractivity contribution in [2.75, 3.05) is 11.9 Å². The summed E-state index contributed by atoms with van der Waals surface area (Å²) in [4.78, 5) is 22.4. The van der Waals surface area contributed by atoms with Crippen LogP contribution in [0.3, 0.4) is 0 Å². The van der Waals surface area contributed by atoms with Crippen LogP contribution in [0.15, 0.2) is 0 Å². The highest BCUT2D eigenvalue weighted by atomic mass is 32.1. The van der Waals surface area contributed by atoms with Gasteiger partial charge in [0.2, 0.25) is 5.91 Å². The third kappa shape index (κ3) is 7.30. The van der Waals surface area contributed by atoms with E-state index in [4.69, 9.17) is 9.84 Å². The number of anilines is 1. The van der Waals surface area contributed by atoms with Crippen LogP contribution in [0.4, 0.5) is 14.5 Å². The zero-order chi connectivity index (χ0) is 22.0. The number of thiol groups is 1. The Kier molecular flexibility index (Phi) is 11.8. The number of carbonyl (C=O) groups excluding carboxylic acids is 1. The van der Waals surface area contributed by atoms with E-state index in [2.05, 4.69) is 17.9 Å². The lowest BCUT2D eigenvalue weighted by Crippen LogP contribution is -2.18. The number of hydrogen-bond acceptors (Lipinski definition) is 4. The molecule has 0 heterocycles. The van der Waals surface area contributed by atoms with Crippen molar-refractivity contribution in [1.29, 1.82) is 0 Å². The molecule has 0 aliphatic heterocycles. The quantitative estimate of drug-likeness (QED) is 0.493. The second kappa shape index (κ2) is 12.6. The standard InChI is InChI=1S/C18H25F2NO4S.C2H6/c1-5-12(26)6-7-25-17-13(8-9(2)18(23)24)14(19)10(3)16(15(17)20)21-11(4)22;1-2/h9,12,26H,5-8H2,1-4H3,(H,21,22)(H,23,24);1-2H3. The van der Waals surface area contributed by atoms with Gasteiger partial charge in [0.25, 0.3) is 0 Å². The van der Waals surface area contributed by atoms with Gasteiger partial charge < -0.3 is 15.2 Å². The fourth-order valence-electron chi connectivity index (χ4n) is 2.40. The minimum Gasteiger partial charge on any atom is -0.490 e. The number of carbonyl (C=O) groups is 2. The number of halogens is 2. The van der Waals surface area contributed by atoms with E-state index in [1.165, 1.54) is 20.8 Å². The molecule has 28 heavy (non-hydrogen) atoms. The molecule has 2 N–H and O–H groups in total. The maximum Gasteiger partial charge on any atom is 0.306 e. The Morgan fingerprint density at radius 2 is 1.82 bits per heavy atom. The molecule has 1 amide bonds. The van der Waals surface area contributed by atoms with Crippen molar-refractivity contribution >= 4 is 30.2 Å². The zero-order valence-electron chi connectivity index (χ0n) is 17.4. The molecule has 0 saturated heterocycles. The molecular formula is C20H31F2NO4S. The van der Waals surface area contributed by atoms with Gasteiger partial charge >= 0.3 is 5.97 Å². The molecular weight excluding hydrogens is 388 g/mol. The average molecular weight is 420 g/mol. The van der Waals surface area contributed by atoms with Gasteiger partial charge in [0.05, 0.1) is 18.2 Å². The smallest absolute Gasteiger partial charge is 0.306 e. The van der Waals surface area contributed by atoms with Crippen molar-refractivity contribution in [1.82, 2.24) is 0 Å². The van der Waals surface area contributed by atoms with E-state index in [9.17, 15) is 18.4 Å². The van der Waals surface area contributed by atoms with Crippen LogP contribution in [-0.4, -0.2) is 28.8 Å². The topological polar surface area (TPSA) is 75.6 Å². The predicted octanol–water partition coefficient (Wildman–Crippen LogP) is 5.00. The minimum absolute atomic E-state index is 0.0459. The molecule has 1 rings (SSSR count). The summed E-state index contributed by atoms with van der Waals surface area (Å²) in [6.45, 7) is 9.95. The Bertz CT molecular complexity index is 683. The van der Waals surface area contributed by atoms with Crippen molar-refractivity contribution in [3.63, 3.8) is 0 Å². The first-order chi connectivity index (χ1) is 13.1. The second-order valence-corrected chi connectivity index (χ2v) is 6.99. The molecule has 160 valence electrons. The molecule has 0 radical (unpaired) electrons. The van der Waals surface area contributed by atoms with Gasteiger partial charge in [0, 0.05) is 23.3 Å². The number of aliphatic carboxylic acids is 1. The van der Waals surface area contributed by atoms with Crippen LogP contribution >= 0.6 is 12.6 Å².